The number of esters is 1. The molecule has 1 aromatic rings. The van der Waals surface area contributed by atoms with E-state index in [0.717, 1.165) is 6.54 Å². The number of likely N-dealkylation sites (N-methyl/N-ethyl adjacent to an activating group) is 1. The van der Waals surface area contributed by atoms with E-state index < -0.39 is 16.0 Å². The van der Waals surface area contributed by atoms with E-state index in [9.17, 15) is 13.2 Å². The second-order valence-corrected chi connectivity index (χ2v) is 6.52. The van der Waals surface area contributed by atoms with E-state index in [2.05, 4.69) is 14.8 Å². The van der Waals surface area contributed by atoms with E-state index in [4.69, 9.17) is 0 Å². The third-order valence-corrected chi connectivity index (χ3v) is 4.60. The molecule has 126 valence electrons. The number of aryl methyl sites for hydroxylation is 1. The quantitative estimate of drug-likeness (QED) is 0.728. The lowest BCUT2D eigenvalue weighted by Crippen LogP contribution is -2.38. The minimum atomic E-state index is -3.60. The second-order valence-electron chi connectivity index (χ2n) is 4.78. The standard InChI is InChI=1S/C14H22N2O4S.ClH/c1-5-15-11(3)9-16-21(18,19)13-7-6-12(8-10(13)2)14(17)20-4;/h6-8,11,15-16H,5,9H2,1-4H3;1H/t11-;/m1./s1. The Bertz CT molecular complexity index is 605. The van der Waals surface area contributed by atoms with Crippen LogP contribution >= 0.6 is 12.4 Å². The van der Waals surface area contributed by atoms with Crippen LogP contribution in [0.3, 0.4) is 0 Å². The van der Waals surface area contributed by atoms with Gasteiger partial charge in [-0.3, -0.25) is 0 Å². The number of carbonyl (C=O) groups excluding carboxylic acids is 1. The van der Waals surface area contributed by atoms with Crippen molar-refractivity contribution >= 4 is 28.4 Å². The van der Waals surface area contributed by atoms with E-state index in [1.165, 1.54) is 25.3 Å². The predicted octanol–water partition coefficient (Wildman–Crippen LogP) is 1.48. The van der Waals surface area contributed by atoms with E-state index >= 15 is 0 Å². The van der Waals surface area contributed by atoms with Gasteiger partial charge >= 0.3 is 5.97 Å². The molecular weight excluding hydrogens is 328 g/mol. The Hall–Kier alpha value is -1.15. The lowest BCUT2D eigenvalue weighted by atomic mass is 10.1. The lowest BCUT2D eigenvalue weighted by Gasteiger charge is -2.15. The molecule has 0 aromatic heterocycles. The van der Waals surface area contributed by atoms with Gasteiger partial charge in [-0.1, -0.05) is 6.92 Å². The van der Waals surface area contributed by atoms with E-state index in [1.807, 2.05) is 13.8 Å². The highest BCUT2D eigenvalue weighted by Gasteiger charge is 2.19. The molecular formula is C14H23ClN2O4S. The number of rotatable bonds is 7. The minimum Gasteiger partial charge on any atom is -0.465 e. The normalized spacial score (nSPS) is 12.4. The van der Waals surface area contributed by atoms with Crippen molar-refractivity contribution in [1.29, 1.82) is 0 Å². The molecule has 0 fully saturated rings. The van der Waals surface area contributed by atoms with Gasteiger partial charge in [-0.25, -0.2) is 17.9 Å². The number of carbonyl (C=O) groups is 1. The van der Waals surface area contributed by atoms with Crippen LogP contribution in [0.1, 0.15) is 29.8 Å². The van der Waals surface area contributed by atoms with Crippen molar-refractivity contribution in [3.63, 3.8) is 0 Å². The molecule has 2 N–H and O–H groups in total. The summed E-state index contributed by atoms with van der Waals surface area (Å²) in [6, 6.07) is 4.41. The number of ether oxygens (including phenoxy) is 1. The summed E-state index contributed by atoms with van der Waals surface area (Å²) in [4.78, 5) is 11.6. The summed E-state index contributed by atoms with van der Waals surface area (Å²) in [6.45, 7) is 6.58. The molecule has 8 heteroatoms. The molecule has 22 heavy (non-hydrogen) atoms. The maximum Gasteiger partial charge on any atom is 0.337 e. The maximum absolute atomic E-state index is 12.3. The summed E-state index contributed by atoms with van der Waals surface area (Å²) in [5, 5.41) is 3.13. The first-order valence-corrected chi connectivity index (χ1v) is 8.22. The molecule has 0 spiro atoms. The zero-order valence-corrected chi connectivity index (χ0v) is 14.8. The lowest BCUT2D eigenvalue weighted by molar-refractivity contribution is 0.0600. The fourth-order valence-electron chi connectivity index (χ4n) is 1.93. The molecule has 1 atom stereocenters. The topological polar surface area (TPSA) is 84.5 Å². The van der Waals surface area contributed by atoms with Crippen molar-refractivity contribution in [2.75, 3.05) is 20.2 Å². The summed E-state index contributed by atoms with van der Waals surface area (Å²) >= 11 is 0. The summed E-state index contributed by atoms with van der Waals surface area (Å²) in [6.07, 6.45) is 0. The Kier molecular flexibility index (Phi) is 8.62. The first kappa shape index (κ1) is 20.9. The van der Waals surface area contributed by atoms with Crippen molar-refractivity contribution in [1.82, 2.24) is 10.0 Å². The molecule has 0 heterocycles. The monoisotopic (exact) mass is 350 g/mol. The number of methoxy groups -OCH3 is 1. The summed E-state index contributed by atoms with van der Waals surface area (Å²) in [5.74, 6) is -0.490. The van der Waals surface area contributed by atoms with E-state index in [-0.39, 0.29) is 23.3 Å². The Morgan fingerprint density at radius 3 is 2.50 bits per heavy atom. The number of hydrogen-bond donors (Lipinski definition) is 2. The molecule has 0 aliphatic rings. The van der Waals surface area contributed by atoms with Gasteiger partial charge in [0, 0.05) is 12.6 Å². The Labute approximate surface area is 138 Å². The summed E-state index contributed by atoms with van der Waals surface area (Å²) in [7, 11) is -2.31. The van der Waals surface area contributed by atoms with E-state index in [0.29, 0.717) is 17.7 Å². The van der Waals surface area contributed by atoms with Crippen LogP contribution in [0.15, 0.2) is 23.1 Å². The van der Waals surface area contributed by atoms with Gasteiger partial charge < -0.3 is 10.1 Å². The fraction of sp³-hybridized carbons (Fsp3) is 0.500. The summed E-state index contributed by atoms with van der Waals surface area (Å²) in [5.41, 5.74) is 0.830. The highest BCUT2D eigenvalue weighted by Crippen LogP contribution is 2.17. The number of hydrogen-bond acceptors (Lipinski definition) is 5. The van der Waals surface area contributed by atoms with Gasteiger partial charge in [0.25, 0.3) is 0 Å². The molecule has 0 saturated heterocycles. The predicted molar refractivity (Wildman–Crippen MR) is 88.1 cm³/mol. The number of halogens is 1. The Balaban J connectivity index is 0.00000441. The fourth-order valence-corrected chi connectivity index (χ4v) is 3.28. The van der Waals surface area contributed by atoms with Crippen LogP contribution < -0.4 is 10.0 Å². The maximum atomic E-state index is 12.3. The molecule has 0 bridgehead atoms. The van der Waals surface area contributed by atoms with Crippen LogP contribution in [0, 0.1) is 6.92 Å². The van der Waals surface area contributed by atoms with Crippen LogP contribution in [0.5, 0.6) is 0 Å². The van der Waals surface area contributed by atoms with Crippen molar-refractivity contribution in [2.24, 2.45) is 0 Å². The highest BCUT2D eigenvalue weighted by atomic mass is 35.5. The Morgan fingerprint density at radius 2 is 2.00 bits per heavy atom. The van der Waals surface area contributed by atoms with Crippen LogP contribution in [0.25, 0.3) is 0 Å². The number of nitrogens with one attached hydrogen (secondary N) is 2. The largest absolute Gasteiger partial charge is 0.465 e. The molecule has 6 nitrogen and oxygen atoms in total. The highest BCUT2D eigenvalue weighted by molar-refractivity contribution is 7.89. The van der Waals surface area contributed by atoms with E-state index in [1.54, 1.807) is 6.92 Å². The molecule has 0 radical (unpaired) electrons. The van der Waals surface area contributed by atoms with Gasteiger partial charge in [0.15, 0.2) is 0 Å². The molecule has 1 rings (SSSR count). The first-order valence-electron chi connectivity index (χ1n) is 6.73. The molecule has 0 aliphatic carbocycles. The Morgan fingerprint density at radius 1 is 1.36 bits per heavy atom. The van der Waals surface area contributed by atoms with Crippen molar-refractivity contribution in [2.45, 2.75) is 31.7 Å². The molecule has 0 unspecified atom stereocenters. The van der Waals surface area contributed by atoms with Gasteiger partial charge in [-0.15, -0.1) is 12.4 Å². The third-order valence-electron chi connectivity index (χ3n) is 3.02. The molecule has 1 aromatic carbocycles. The van der Waals surface area contributed by atoms with Crippen LogP contribution in [-0.4, -0.2) is 40.6 Å². The van der Waals surface area contributed by atoms with Gasteiger partial charge in [-0.05, 0) is 44.2 Å². The van der Waals surface area contributed by atoms with Crippen molar-refractivity contribution in [3.8, 4) is 0 Å². The van der Waals surface area contributed by atoms with Gasteiger partial charge in [0.05, 0.1) is 17.6 Å². The molecule has 0 amide bonds. The third kappa shape index (κ3) is 5.57. The zero-order chi connectivity index (χ0) is 16.0. The molecule has 0 saturated carbocycles. The average Bonchev–Trinajstić information content (AvgIpc) is 2.44. The van der Waals surface area contributed by atoms with Gasteiger partial charge in [0.1, 0.15) is 0 Å². The smallest absolute Gasteiger partial charge is 0.337 e. The zero-order valence-electron chi connectivity index (χ0n) is 13.2. The van der Waals surface area contributed by atoms with Gasteiger partial charge in [0.2, 0.25) is 10.0 Å². The number of sulfonamides is 1. The number of benzene rings is 1. The van der Waals surface area contributed by atoms with Crippen molar-refractivity contribution in [3.05, 3.63) is 29.3 Å². The van der Waals surface area contributed by atoms with Crippen LogP contribution in [-0.2, 0) is 14.8 Å². The van der Waals surface area contributed by atoms with Crippen LogP contribution in [0.4, 0.5) is 0 Å². The average molecular weight is 351 g/mol. The van der Waals surface area contributed by atoms with Crippen LogP contribution in [0.2, 0.25) is 0 Å². The van der Waals surface area contributed by atoms with Gasteiger partial charge in [-0.2, -0.15) is 0 Å². The molecule has 0 aliphatic heterocycles. The minimum absolute atomic E-state index is 0. The summed E-state index contributed by atoms with van der Waals surface area (Å²) < 4.78 is 31.7. The SMILES string of the molecule is CCN[C@H](C)CNS(=O)(=O)c1ccc(C(=O)OC)cc1C.Cl. The second kappa shape index (κ2) is 9.09. The van der Waals surface area contributed by atoms with Crippen molar-refractivity contribution < 1.29 is 17.9 Å². The first-order chi connectivity index (χ1) is 9.81.